The Morgan fingerprint density at radius 3 is 2.84 bits per heavy atom. The van der Waals surface area contributed by atoms with Crippen molar-refractivity contribution in [1.29, 1.82) is 5.26 Å². The molecule has 0 radical (unpaired) electrons. The van der Waals surface area contributed by atoms with Gasteiger partial charge in [-0.1, -0.05) is 0 Å². The number of carbonyl (C=O) groups excluding carboxylic acids is 1. The Hall–Kier alpha value is -3.97. The molecule has 3 N–H and O–H groups in total. The monoisotopic (exact) mass is 434 g/mol. The minimum absolute atomic E-state index is 0.125. The summed E-state index contributed by atoms with van der Waals surface area (Å²) in [7, 11) is 0. The number of aliphatic imine (C=N–C) groups is 1. The summed E-state index contributed by atoms with van der Waals surface area (Å²) in [5.74, 6) is -0.508. The molecule has 1 atom stereocenters. The fourth-order valence-corrected chi connectivity index (χ4v) is 4.01. The highest BCUT2D eigenvalue weighted by Gasteiger charge is 2.33. The van der Waals surface area contributed by atoms with Crippen molar-refractivity contribution in [3.8, 4) is 6.07 Å². The Bertz CT molecular complexity index is 1250. The first-order valence-electron chi connectivity index (χ1n) is 9.00. The number of nitrogens with zero attached hydrogens (tertiary/aromatic N) is 4. The summed E-state index contributed by atoms with van der Waals surface area (Å²) in [6.45, 7) is 1.71. The van der Waals surface area contributed by atoms with Gasteiger partial charge in [0.25, 0.3) is 5.91 Å². The van der Waals surface area contributed by atoms with E-state index in [9.17, 15) is 9.18 Å². The van der Waals surface area contributed by atoms with Crippen molar-refractivity contribution in [2.45, 2.75) is 12.5 Å². The van der Waals surface area contributed by atoms with Crippen LogP contribution in [0.15, 0.2) is 64.6 Å². The predicted molar refractivity (Wildman–Crippen MR) is 114 cm³/mol. The number of hydrogen-bond acceptors (Lipinski definition) is 8. The highest BCUT2D eigenvalue weighted by molar-refractivity contribution is 8.21. The van der Waals surface area contributed by atoms with Gasteiger partial charge in [0.15, 0.2) is 17.3 Å². The molecule has 3 aromatic rings. The SMILES string of the molecule is C[C@@]1(c2cc(NC(=O)c3ccc(C#N)cn3)ccc2F)C=C(c2cnco2)SC(N)=N1. The number of nitrogens with one attached hydrogen (secondary N) is 1. The van der Waals surface area contributed by atoms with Gasteiger partial charge in [-0.3, -0.25) is 4.79 Å². The number of pyridine rings is 1. The van der Waals surface area contributed by atoms with Gasteiger partial charge in [0, 0.05) is 17.4 Å². The Kier molecular flexibility index (Phi) is 5.27. The number of anilines is 1. The molecule has 31 heavy (non-hydrogen) atoms. The van der Waals surface area contributed by atoms with Gasteiger partial charge in [-0.25, -0.2) is 19.4 Å². The van der Waals surface area contributed by atoms with E-state index in [2.05, 4.69) is 20.3 Å². The van der Waals surface area contributed by atoms with Crippen molar-refractivity contribution < 1.29 is 13.6 Å². The zero-order valence-corrected chi connectivity index (χ0v) is 17.0. The van der Waals surface area contributed by atoms with E-state index in [1.807, 2.05) is 6.07 Å². The van der Waals surface area contributed by atoms with Crippen LogP contribution in [0.3, 0.4) is 0 Å². The Morgan fingerprint density at radius 1 is 1.32 bits per heavy atom. The topological polar surface area (TPSA) is 130 Å². The van der Waals surface area contributed by atoms with Gasteiger partial charge in [0.05, 0.1) is 16.7 Å². The van der Waals surface area contributed by atoms with Crippen molar-refractivity contribution in [3.05, 3.63) is 83.6 Å². The quantitative estimate of drug-likeness (QED) is 0.641. The summed E-state index contributed by atoms with van der Waals surface area (Å²) in [5.41, 5.74) is 5.91. The van der Waals surface area contributed by atoms with E-state index in [4.69, 9.17) is 15.4 Å². The number of nitriles is 1. The van der Waals surface area contributed by atoms with E-state index in [1.165, 1.54) is 60.9 Å². The number of aromatic nitrogens is 2. The fraction of sp³-hybridized carbons (Fsp3) is 0.0952. The van der Waals surface area contributed by atoms with Crippen LogP contribution < -0.4 is 11.1 Å². The van der Waals surface area contributed by atoms with Crippen LogP contribution in [-0.2, 0) is 5.54 Å². The minimum atomic E-state index is -1.13. The maximum atomic E-state index is 14.8. The molecular formula is C21H15FN6O2S. The average Bonchev–Trinajstić information content (AvgIpc) is 3.29. The van der Waals surface area contributed by atoms with Gasteiger partial charge < -0.3 is 15.5 Å². The highest BCUT2D eigenvalue weighted by atomic mass is 32.2. The lowest BCUT2D eigenvalue weighted by Crippen LogP contribution is -2.26. The van der Waals surface area contributed by atoms with Crippen molar-refractivity contribution in [2.24, 2.45) is 10.7 Å². The van der Waals surface area contributed by atoms with E-state index in [0.717, 1.165) is 0 Å². The van der Waals surface area contributed by atoms with Gasteiger partial charge in [-0.05, 0) is 55.1 Å². The summed E-state index contributed by atoms with van der Waals surface area (Å²) in [4.78, 5) is 25.4. The van der Waals surface area contributed by atoms with Crippen LogP contribution in [-0.4, -0.2) is 21.0 Å². The number of hydrogen-bond donors (Lipinski definition) is 2. The maximum Gasteiger partial charge on any atom is 0.274 e. The Balaban J connectivity index is 1.66. The van der Waals surface area contributed by atoms with Crippen LogP contribution in [0.1, 0.15) is 34.3 Å². The first-order chi connectivity index (χ1) is 14.9. The molecule has 0 aliphatic carbocycles. The molecule has 0 saturated heterocycles. The van der Waals surface area contributed by atoms with E-state index in [1.54, 1.807) is 13.0 Å². The molecule has 4 rings (SSSR count). The van der Waals surface area contributed by atoms with Crippen molar-refractivity contribution in [2.75, 3.05) is 5.32 Å². The van der Waals surface area contributed by atoms with Crippen molar-refractivity contribution >= 4 is 33.4 Å². The lowest BCUT2D eigenvalue weighted by Gasteiger charge is -2.28. The molecule has 154 valence electrons. The van der Waals surface area contributed by atoms with Gasteiger partial charge in [0.1, 0.15) is 23.1 Å². The Labute approximate surface area is 180 Å². The molecule has 0 unspecified atom stereocenters. The molecular weight excluding hydrogens is 419 g/mol. The summed E-state index contributed by atoms with van der Waals surface area (Å²) < 4.78 is 20.1. The third-order valence-corrected chi connectivity index (χ3v) is 5.38. The highest BCUT2D eigenvalue weighted by Crippen LogP contribution is 2.41. The average molecular weight is 434 g/mol. The number of amidine groups is 1. The zero-order chi connectivity index (χ0) is 22.0. The van der Waals surface area contributed by atoms with Gasteiger partial charge in [-0.15, -0.1) is 0 Å². The standard InChI is InChI=1S/C21H15FN6O2S/c1-21(7-18(31-20(24)28-21)17-10-25-11-30-17)14-6-13(3-4-15(14)22)27-19(29)16-5-2-12(8-23)9-26-16/h2-7,9-11H,1H3,(H2,24,28)(H,27,29)/t21-/m0/s1. The summed E-state index contributed by atoms with van der Waals surface area (Å²) >= 11 is 1.19. The zero-order valence-electron chi connectivity index (χ0n) is 16.2. The Morgan fingerprint density at radius 2 is 2.16 bits per heavy atom. The number of nitrogens with two attached hydrogens (primary N) is 1. The van der Waals surface area contributed by atoms with Crippen LogP contribution in [0.5, 0.6) is 0 Å². The van der Waals surface area contributed by atoms with E-state index < -0.39 is 17.3 Å². The molecule has 1 aliphatic heterocycles. The predicted octanol–water partition coefficient (Wildman–Crippen LogP) is 3.65. The van der Waals surface area contributed by atoms with E-state index >= 15 is 0 Å². The van der Waals surface area contributed by atoms with Crippen LogP contribution >= 0.6 is 11.8 Å². The summed E-state index contributed by atoms with van der Waals surface area (Å²) in [6.07, 6.45) is 5.87. The van der Waals surface area contributed by atoms with Crippen LogP contribution in [0.4, 0.5) is 10.1 Å². The molecule has 3 heterocycles. The first kappa shape index (κ1) is 20.3. The number of amides is 1. The lowest BCUT2D eigenvalue weighted by molar-refractivity contribution is 0.102. The number of carbonyl (C=O) groups is 1. The molecule has 10 heteroatoms. The van der Waals surface area contributed by atoms with Gasteiger partial charge in [0.2, 0.25) is 0 Å². The molecule has 1 aromatic carbocycles. The molecule has 1 amide bonds. The van der Waals surface area contributed by atoms with Crippen molar-refractivity contribution in [3.63, 3.8) is 0 Å². The number of halogens is 1. The number of rotatable bonds is 4. The molecule has 8 nitrogen and oxygen atoms in total. The molecule has 0 spiro atoms. The molecule has 0 fully saturated rings. The summed E-state index contributed by atoms with van der Waals surface area (Å²) in [6, 6.07) is 9.06. The van der Waals surface area contributed by atoms with Crippen LogP contribution in [0, 0.1) is 17.1 Å². The second-order valence-electron chi connectivity index (χ2n) is 6.77. The largest absolute Gasteiger partial charge is 0.443 e. The fourth-order valence-electron chi connectivity index (χ4n) is 3.06. The molecule has 1 aliphatic rings. The third-order valence-electron chi connectivity index (χ3n) is 4.54. The third kappa shape index (κ3) is 4.17. The van der Waals surface area contributed by atoms with Crippen LogP contribution in [0.2, 0.25) is 0 Å². The first-order valence-corrected chi connectivity index (χ1v) is 9.82. The van der Waals surface area contributed by atoms with Crippen molar-refractivity contribution in [1.82, 2.24) is 9.97 Å². The summed E-state index contributed by atoms with van der Waals surface area (Å²) in [5, 5.41) is 11.8. The minimum Gasteiger partial charge on any atom is -0.443 e. The second kappa shape index (κ2) is 8.04. The molecule has 2 aromatic heterocycles. The van der Waals surface area contributed by atoms with Gasteiger partial charge in [-0.2, -0.15) is 5.26 Å². The molecule has 0 bridgehead atoms. The lowest BCUT2D eigenvalue weighted by atomic mass is 9.90. The van der Waals surface area contributed by atoms with E-state index in [0.29, 0.717) is 21.9 Å². The number of benzene rings is 1. The van der Waals surface area contributed by atoms with Gasteiger partial charge >= 0.3 is 0 Å². The normalized spacial score (nSPS) is 18.0. The second-order valence-corrected chi connectivity index (χ2v) is 7.83. The van der Waals surface area contributed by atoms with Crippen LogP contribution in [0.25, 0.3) is 4.91 Å². The molecule has 0 saturated carbocycles. The smallest absolute Gasteiger partial charge is 0.274 e. The number of oxazole rings is 1. The number of thioether (sulfide) groups is 1. The maximum absolute atomic E-state index is 14.8. The van der Waals surface area contributed by atoms with E-state index in [-0.39, 0.29) is 16.4 Å².